The fourth-order valence-corrected chi connectivity index (χ4v) is 2.16. The highest BCUT2D eigenvalue weighted by Gasteiger charge is 2.14. The third-order valence-corrected chi connectivity index (χ3v) is 2.98. The van der Waals surface area contributed by atoms with Crippen LogP contribution in [0.2, 0.25) is 0 Å². The Balaban J connectivity index is 2.02. The predicted octanol–water partition coefficient (Wildman–Crippen LogP) is 3.89. The molecule has 0 saturated heterocycles. The second kappa shape index (κ2) is 7.30. The van der Waals surface area contributed by atoms with Crippen molar-refractivity contribution >= 4 is 28.7 Å². The number of carbonyl (C=O) groups excluding carboxylic acids is 1. The molecule has 0 bridgehead atoms. The molecular formula is C11H19IO3. The van der Waals surface area contributed by atoms with Crippen molar-refractivity contribution in [2.75, 3.05) is 6.61 Å². The molecule has 1 aliphatic rings. The molecule has 1 aliphatic carbocycles. The summed E-state index contributed by atoms with van der Waals surface area (Å²) in [6.07, 6.45) is 7.08. The molecule has 0 aromatic rings. The van der Waals surface area contributed by atoms with E-state index in [1.807, 2.05) is 29.5 Å². The normalized spacial score (nSPS) is 19.6. The summed E-state index contributed by atoms with van der Waals surface area (Å²) in [5.41, 5.74) is 0. The molecule has 88 valence electrons. The Labute approximate surface area is 105 Å². The largest absolute Gasteiger partial charge is 0.509 e. The van der Waals surface area contributed by atoms with E-state index in [0.717, 1.165) is 12.3 Å². The Morgan fingerprint density at radius 1 is 1.40 bits per heavy atom. The average molecular weight is 326 g/mol. The Bertz CT molecular complexity index is 188. The summed E-state index contributed by atoms with van der Waals surface area (Å²) < 4.78 is 9.73. The maximum atomic E-state index is 11.0. The van der Waals surface area contributed by atoms with E-state index in [0.29, 0.717) is 6.61 Å². The Hall–Kier alpha value is 0. The van der Waals surface area contributed by atoms with E-state index in [1.54, 1.807) is 0 Å². The molecule has 3 nitrogen and oxygen atoms in total. The quantitative estimate of drug-likeness (QED) is 0.447. The van der Waals surface area contributed by atoms with Gasteiger partial charge in [-0.25, -0.2) is 4.79 Å². The van der Waals surface area contributed by atoms with E-state index < -0.39 is 6.16 Å². The molecule has 0 heterocycles. The fourth-order valence-electron chi connectivity index (χ4n) is 1.95. The molecule has 1 saturated carbocycles. The van der Waals surface area contributed by atoms with Crippen LogP contribution in [0, 0.1) is 5.92 Å². The molecule has 1 atom stereocenters. The zero-order valence-corrected chi connectivity index (χ0v) is 11.4. The van der Waals surface area contributed by atoms with Crippen molar-refractivity contribution in [2.24, 2.45) is 5.92 Å². The number of alkyl halides is 1. The third-order valence-electron chi connectivity index (χ3n) is 2.73. The standard InChI is InChI=1S/C11H19IO3/c1-9(12)15-11(13)14-8-7-10-5-3-2-4-6-10/h9-10H,2-8H2,1H3. The van der Waals surface area contributed by atoms with Gasteiger partial charge in [0.25, 0.3) is 0 Å². The topological polar surface area (TPSA) is 35.5 Å². The lowest BCUT2D eigenvalue weighted by molar-refractivity contribution is 0.0497. The van der Waals surface area contributed by atoms with Crippen molar-refractivity contribution in [3.8, 4) is 0 Å². The molecule has 0 aromatic carbocycles. The van der Waals surface area contributed by atoms with E-state index in [9.17, 15) is 4.79 Å². The highest BCUT2D eigenvalue weighted by molar-refractivity contribution is 14.1. The molecule has 1 rings (SSSR count). The van der Waals surface area contributed by atoms with Gasteiger partial charge in [-0.3, -0.25) is 0 Å². The van der Waals surface area contributed by atoms with Gasteiger partial charge in [0.2, 0.25) is 0 Å². The van der Waals surface area contributed by atoms with E-state index in [-0.39, 0.29) is 4.11 Å². The average Bonchev–Trinajstić information content (AvgIpc) is 2.18. The second-order valence-corrected chi connectivity index (χ2v) is 5.81. The van der Waals surface area contributed by atoms with Crippen LogP contribution in [0.5, 0.6) is 0 Å². The molecule has 15 heavy (non-hydrogen) atoms. The first kappa shape index (κ1) is 13.1. The lowest BCUT2D eigenvalue weighted by Gasteiger charge is -2.20. The zero-order chi connectivity index (χ0) is 11.1. The third kappa shape index (κ3) is 6.22. The van der Waals surface area contributed by atoms with Gasteiger partial charge in [-0.05, 0) is 41.9 Å². The Kier molecular flexibility index (Phi) is 6.36. The maximum absolute atomic E-state index is 11.0. The summed E-state index contributed by atoms with van der Waals surface area (Å²) >= 11 is 2.03. The van der Waals surface area contributed by atoms with Crippen LogP contribution in [0.4, 0.5) is 4.79 Å². The molecule has 1 fully saturated rings. The summed E-state index contributed by atoms with van der Waals surface area (Å²) in [4.78, 5) is 11.0. The monoisotopic (exact) mass is 326 g/mol. The van der Waals surface area contributed by atoms with E-state index in [2.05, 4.69) is 0 Å². The second-order valence-electron chi connectivity index (χ2n) is 4.05. The number of ether oxygens (including phenoxy) is 2. The summed E-state index contributed by atoms with van der Waals surface area (Å²) in [7, 11) is 0. The van der Waals surface area contributed by atoms with Crippen molar-refractivity contribution in [3.05, 3.63) is 0 Å². The van der Waals surface area contributed by atoms with Gasteiger partial charge in [-0.15, -0.1) is 0 Å². The molecular weight excluding hydrogens is 307 g/mol. The minimum absolute atomic E-state index is 0.121. The van der Waals surface area contributed by atoms with Gasteiger partial charge >= 0.3 is 6.16 Å². The molecule has 1 unspecified atom stereocenters. The Morgan fingerprint density at radius 3 is 2.67 bits per heavy atom. The van der Waals surface area contributed by atoms with Gasteiger partial charge in [0.15, 0.2) is 4.11 Å². The van der Waals surface area contributed by atoms with E-state index >= 15 is 0 Å². The maximum Gasteiger partial charge on any atom is 0.509 e. The molecule has 0 aromatic heterocycles. The van der Waals surface area contributed by atoms with Crippen LogP contribution in [-0.2, 0) is 9.47 Å². The summed E-state index contributed by atoms with van der Waals surface area (Å²) in [6, 6.07) is 0. The lowest BCUT2D eigenvalue weighted by Crippen LogP contribution is -2.15. The molecule has 0 radical (unpaired) electrons. The smallest absolute Gasteiger partial charge is 0.434 e. The summed E-state index contributed by atoms with van der Waals surface area (Å²) in [6.45, 7) is 2.32. The van der Waals surface area contributed by atoms with Crippen LogP contribution in [-0.4, -0.2) is 16.9 Å². The first-order chi connectivity index (χ1) is 7.18. The van der Waals surface area contributed by atoms with Gasteiger partial charge in [0.1, 0.15) is 0 Å². The van der Waals surface area contributed by atoms with Crippen LogP contribution in [0.1, 0.15) is 45.4 Å². The van der Waals surface area contributed by atoms with Crippen molar-refractivity contribution < 1.29 is 14.3 Å². The van der Waals surface area contributed by atoms with Crippen LogP contribution < -0.4 is 0 Å². The lowest BCUT2D eigenvalue weighted by atomic mass is 9.87. The molecule has 0 amide bonds. The molecule has 0 aliphatic heterocycles. The van der Waals surface area contributed by atoms with Gasteiger partial charge in [0, 0.05) is 0 Å². The van der Waals surface area contributed by atoms with E-state index in [1.165, 1.54) is 32.1 Å². The Morgan fingerprint density at radius 2 is 2.07 bits per heavy atom. The van der Waals surface area contributed by atoms with Crippen molar-refractivity contribution in [1.82, 2.24) is 0 Å². The number of carbonyl (C=O) groups is 1. The predicted molar refractivity (Wildman–Crippen MR) is 67.1 cm³/mol. The zero-order valence-electron chi connectivity index (χ0n) is 9.21. The highest BCUT2D eigenvalue weighted by atomic mass is 127. The molecule has 0 N–H and O–H groups in total. The first-order valence-electron chi connectivity index (χ1n) is 5.66. The van der Waals surface area contributed by atoms with Crippen molar-refractivity contribution in [2.45, 2.75) is 49.6 Å². The van der Waals surface area contributed by atoms with Crippen LogP contribution in [0.3, 0.4) is 0 Å². The van der Waals surface area contributed by atoms with Crippen LogP contribution in [0.15, 0.2) is 0 Å². The summed E-state index contributed by atoms with van der Waals surface area (Å²) in [5, 5.41) is 0. The number of hydrogen-bond acceptors (Lipinski definition) is 3. The van der Waals surface area contributed by atoms with Crippen LogP contribution >= 0.6 is 22.6 Å². The minimum atomic E-state index is -0.535. The van der Waals surface area contributed by atoms with Crippen molar-refractivity contribution in [3.63, 3.8) is 0 Å². The SMILES string of the molecule is CC(I)OC(=O)OCCC1CCCCC1. The minimum Gasteiger partial charge on any atom is -0.434 e. The fraction of sp³-hybridized carbons (Fsp3) is 0.909. The van der Waals surface area contributed by atoms with Gasteiger partial charge in [-0.2, -0.15) is 0 Å². The number of halogens is 1. The van der Waals surface area contributed by atoms with Gasteiger partial charge < -0.3 is 9.47 Å². The number of rotatable bonds is 4. The molecule has 4 heteroatoms. The van der Waals surface area contributed by atoms with Crippen molar-refractivity contribution in [1.29, 1.82) is 0 Å². The van der Waals surface area contributed by atoms with Crippen LogP contribution in [0.25, 0.3) is 0 Å². The summed E-state index contributed by atoms with van der Waals surface area (Å²) in [5.74, 6) is 0.753. The molecule has 0 spiro atoms. The highest BCUT2D eigenvalue weighted by Crippen LogP contribution is 2.26. The van der Waals surface area contributed by atoms with E-state index in [4.69, 9.17) is 9.47 Å². The van der Waals surface area contributed by atoms with Gasteiger partial charge in [0.05, 0.1) is 6.61 Å². The van der Waals surface area contributed by atoms with Gasteiger partial charge in [-0.1, -0.05) is 32.1 Å². The first-order valence-corrected chi connectivity index (χ1v) is 6.90. The number of hydrogen-bond donors (Lipinski definition) is 0.